The number of hydrogen-bond acceptors (Lipinski definition) is 5. The molecule has 1 aliphatic heterocycles. The van der Waals surface area contributed by atoms with Crippen LogP contribution >= 0.6 is 22.6 Å². The van der Waals surface area contributed by atoms with E-state index in [2.05, 4.69) is 5.32 Å². The predicted octanol–water partition coefficient (Wildman–Crippen LogP) is 2.09. The molecule has 7 nitrogen and oxygen atoms in total. The topological polar surface area (TPSA) is 103 Å². The van der Waals surface area contributed by atoms with Crippen molar-refractivity contribution in [3.63, 3.8) is 0 Å². The van der Waals surface area contributed by atoms with Gasteiger partial charge < -0.3 is 20.4 Å². The second-order valence-electron chi connectivity index (χ2n) is 5.79. The molecule has 0 saturated heterocycles. The number of halogens is 2. The highest BCUT2D eigenvalue weighted by atomic mass is 127. The van der Waals surface area contributed by atoms with Gasteiger partial charge in [-0.2, -0.15) is 0 Å². The Morgan fingerprint density at radius 2 is 2.08 bits per heavy atom. The lowest BCUT2D eigenvalue weighted by Gasteiger charge is -2.17. The number of ether oxygens (including phenoxy) is 1. The number of aromatic nitrogens is 1. The number of anilines is 2. The van der Waals surface area contributed by atoms with Crippen LogP contribution in [0.15, 0.2) is 29.1 Å². The van der Waals surface area contributed by atoms with Crippen molar-refractivity contribution in [1.82, 2.24) is 4.57 Å². The quantitative estimate of drug-likeness (QED) is 0.525. The summed E-state index contributed by atoms with van der Waals surface area (Å²) in [6, 6.07) is 5.68. The van der Waals surface area contributed by atoms with Crippen molar-refractivity contribution >= 4 is 45.8 Å². The fourth-order valence-electron chi connectivity index (χ4n) is 3.08. The van der Waals surface area contributed by atoms with Crippen molar-refractivity contribution in [3.05, 3.63) is 55.3 Å². The van der Waals surface area contributed by atoms with Gasteiger partial charge in [0.15, 0.2) is 0 Å². The Labute approximate surface area is 161 Å². The lowest BCUT2D eigenvalue weighted by atomic mass is 9.98. The van der Waals surface area contributed by atoms with E-state index in [-0.39, 0.29) is 29.2 Å². The number of pyridine rings is 1. The second kappa shape index (κ2) is 7.06. The molecule has 3 N–H and O–H groups in total. The van der Waals surface area contributed by atoms with Crippen LogP contribution < -0.4 is 16.6 Å². The van der Waals surface area contributed by atoms with Gasteiger partial charge in [0.25, 0.3) is 5.56 Å². The summed E-state index contributed by atoms with van der Waals surface area (Å²) in [4.78, 5) is 36.6. The average Bonchev–Trinajstić information content (AvgIpc) is 3.02. The molecule has 0 radical (unpaired) electrons. The van der Waals surface area contributed by atoms with Crippen molar-refractivity contribution in [2.45, 2.75) is 18.9 Å². The zero-order chi connectivity index (χ0) is 19.0. The van der Waals surface area contributed by atoms with Crippen LogP contribution in [0.2, 0.25) is 0 Å². The molecule has 1 amide bonds. The molecule has 1 aromatic heterocycles. The first-order chi connectivity index (χ1) is 12.3. The van der Waals surface area contributed by atoms with Gasteiger partial charge in [0.05, 0.1) is 30.1 Å². The van der Waals surface area contributed by atoms with Crippen molar-refractivity contribution in [1.29, 1.82) is 0 Å². The van der Waals surface area contributed by atoms with E-state index in [1.165, 1.54) is 29.9 Å². The molecular weight excluding hydrogens is 456 g/mol. The summed E-state index contributed by atoms with van der Waals surface area (Å²) in [6.45, 7) is 0.268. The van der Waals surface area contributed by atoms with Gasteiger partial charge >= 0.3 is 5.97 Å². The first-order valence-electron chi connectivity index (χ1n) is 7.71. The van der Waals surface area contributed by atoms with Crippen molar-refractivity contribution in [2.24, 2.45) is 5.73 Å². The number of nitrogens with two attached hydrogens (primary N) is 1. The Hall–Kier alpha value is -2.43. The summed E-state index contributed by atoms with van der Waals surface area (Å²) in [6.07, 6.45) is 0.315. The summed E-state index contributed by atoms with van der Waals surface area (Å²) in [5.41, 5.74) is 5.38. The van der Waals surface area contributed by atoms with Crippen LogP contribution in [0.1, 0.15) is 28.4 Å². The Morgan fingerprint density at radius 3 is 2.69 bits per heavy atom. The standard InChI is InChI=1S/C17H15FIN3O4/c1-26-17(25)14-12(21-11-3-2-8(19)6-10(11)18)7-13(23)22-5-4-9(15(14)22)16(20)24/h2-3,6-7,9,21H,4-5H2,1H3,(H2,20,24). The first-order valence-corrected chi connectivity index (χ1v) is 8.78. The molecule has 0 bridgehead atoms. The molecule has 26 heavy (non-hydrogen) atoms. The zero-order valence-electron chi connectivity index (χ0n) is 13.7. The van der Waals surface area contributed by atoms with E-state index >= 15 is 0 Å². The van der Waals surface area contributed by atoms with E-state index in [9.17, 15) is 18.8 Å². The molecule has 0 spiro atoms. The minimum atomic E-state index is -0.792. The lowest BCUT2D eigenvalue weighted by Crippen LogP contribution is -2.27. The monoisotopic (exact) mass is 471 g/mol. The van der Waals surface area contributed by atoms with E-state index in [0.29, 0.717) is 9.99 Å². The summed E-state index contributed by atoms with van der Waals surface area (Å²) in [5, 5.41) is 2.77. The number of esters is 1. The number of carbonyl (C=O) groups is 2. The van der Waals surface area contributed by atoms with Crippen LogP contribution in [0.4, 0.5) is 15.8 Å². The molecule has 0 saturated carbocycles. The maximum atomic E-state index is 14.2. The van der Waals surface area contributed by atoms with Crippen LogP contribution in [0.5, 0.6) is 0 Å². The van der Waals surface area contributed by atoms with Crippen molar-refractivity contribution in [2.75, 3.05) is 12.4 Å². The highest BCUT2D eigenvalue weighted by Crippen LogP contribution is 2.34. The number of fused-ring (bicyclic) bond motifs is 1. The third-order valence-corrected chi connectivity index (χ3v) is 4.93. The molecule has 3 rings (SSSR count). The predicted molar refractivity (Wildman–Crippen MR) is 101 cm³/mol. The molecule has 1 aromatic carbocycles. The van der Waals surface area contributed by atoms with Gasteiger partial charge in [-0.15, -0.1) is 0 Å². The SMILES string of the molecule is COC(=O)c1c(Nc2ccc(I)cc2F)cc(=O)n2c1C(C(N)=O)CC2. The molecule has 2 aromatic rings. The number of rotatable bonds is 4. The van der Waals surface area contributed by atoms with Crippen LogP contribution in [0, 0.1) is 9.39 Å². The van der Waals surface area contributed by atoms with Gasteiger partial charge in [0.1, 0.15) is 11.4 Å². The van der Waals surface area contributed by atoms with Crippen LogP contribution in [-0.2, 0) is 16.1 Å². The molecule has 1 atom stereocenters. The fourth-order valence-corrected chi connectivity index (χ4v) is 3.53. The summed E-state index contributed by atoms with van der Waals surface area (Å²) in [5.74, 6) is -2.71. The number of nitrogens with one attached hydrogen (secondary N) is 1. The van der Waals surface area contributed by atoms with E-state index in [1.807, 2.05) is 22.6 Å². The van der Waals surface area contributed by atoms with Gasteiger partial charge in [-0.25, -0.2) is 9.18 Å². The molecule has 1 aliphatic rings. The third-order valence-electron chi connectivity index (χ3n) is 4.25. The van der Waals surface area contributed by atoms with Crippen LogP contribution in [0.25, 0.3) is 0 Å². The largest absolute Gasteiger partial charge is 0.465 e. The first kappa shape index (κ1) is 18.4. The normalized spacial score (nSPS) is 15.4. The van der Waals surface area contributed by atoms with E-state index in [4.69, 9.17) is 10.5 Å². The summed E-state index contributed by atoms with van der Waals surface area (Å²) >= 11 is 1.97. The molecule has 2 heterocycles. The fraction of sp³-hybridized carbons (Fsp3) is 0.235. The molecular formula is C17H15FIN3O4. The summed E-state index contributed by atoms with van der Waals surface area (Å²) in [7, 11) is 1.19. The van der Waals surface area contributed by atoms with Gasteiger partial charge in [0.2, 0.25) is 5.91 Å². The minimum Gasteiger partial charge on any atom is -0.465 e. The van der Waals surface area contributed by atoms with Gasteiger partial charge in [0, 0.05) is 16.2 Å². The zero-order valence-corrected chi connectivity index (χ0v) is 15.9. The second-order valence-corrected chi connectivity index (χ2v) is 7.04. The Bertz CT molecular complexity index is 973. The maximum Gasteiger partial charge on any atom is 0.341 e. The van der Waals surface area contributed by atoms with Crippen LogP contribution in [0.3, 0.4) is 0 Å². The highest BCUT2D eigenvalue weighted by molar-refractivity contribution is 14.1. The minimum absolute atomic E-state index is 0.00588. The van der Waals surface area contributed by atoms with E-state index < -0.39 is 29.2 Å². The summed E-state index contributed by atoms with van der Waals surface area (Å²) < 4.78 is 21.0. The number of primary amides is 1. The lowest BCUT2D eigenvalue weighted by molar-refractivity contribution is -0.119. The molecule has 1 unspecified atom stereocenters. The van der Waals surface area contributed by atoms with Gasteiger partial charge in [-0.1, -0.05) is 0 Å². The Balaban J connectivity index is 2.21. The maximum absolute atomic E-state index is 14.2. The van der Waals surface area contributed by atoms with E-state index in [0.717, 1.165) is 0 Å². The van der Waals surface area contributed by atoms with Crippen molar-refractivity contribution < 1.29 is 18.7 Å². The molecule has 9 heteroatoms. The number of amides is 1. The number of carbonyl (C=O) groups excluding carboxylic acids is 2. The number of hydrogen-bond donors (Lipinski definition) is 2. The average molecular weight is 471 g/mol. The van der Waals surface area contributed by atoms with Crippen molar-refractivity contribution in [3.8, 4) is 0 Å². The molecule has 0 fully saturated rings. The van der Waals surface area contributed by atoms with Gasteiger partial charge in [-0.05, 0) is 47.2 Å². The number of methoxy groups -OCH3 is 1. The Kier molecular flexibility index (Phi) is 4.99. The Morgan fingerprint density at radius 1 is 1.35 bits per heavy atom. The number of nitrogens with zero attached hydrogens (tertiary/aromatic N) is 1. The third kappa shape index (κ3) is 3.18. The number of benzene rings is 1. The highest BCUT2D eigenvalue weighted by Gasteiger charge is 2.35. The smallest absolute Gasteiger partial charge is 0.341 e. The van der Waals surface area contributed by atoms with Gasteiger partial charge in [-0.3, -0.25) is 9.59 Å². The molecule has 0 aliphatic carbocycles. The van der Waals surface area contributed by atoms with E-state index in [1.54, 1.807) is 6.07 Å². The van der Waals surface area contributed by atoms with Crippen LogP contribution in [-0.4, -0.2) is 23.6 Å². The molecule has 136 valence electrons.